The molecule has 1 aliphatic heterocycles. The van der Waals surface area contributed by atoms with Crippen molar-refractivity contribution in [1.29, 1.82) is 0 Å². The van der Waals surface area contributed by atoms with E-state index in [-0.39, 0.29) is 11.9 Å². The SMILES string of the molecule is C=CCSCCNC1CCN(C)C1=O. The Morgan fingerprint density at radius 3 is 3.14 bits per heavy atom. The lowest BCUT2D eigenvalue weighted by Gasteiger charge is -2.11. The second-order valence-corrected chi connectivity index (χ2v) is 4.57. The van der Waals surface area contributed by atoms with Crippen LogP contribution < -0.4 is 5.32 Å². The molecule has 1 rings (SSSR count). The molecule has 0 aromatic heterocycles. The van der Waals surface area contributed by atoms with Gasteiger partial charge in [0.15, 0.2) is 0 Å². The van der Waals surface area contributed by atoms with Gasteiger partial charge in [-0.1, -0.05) is 6.08 Å². The molecule has 1 amide bonds. The fourth-order valence-corrected chi connectivity index (χ4v) is 2.08. The first-order chi connectivity index (χ1) is 6.75. The van der Waals surface area contributed by atoms with Crippen LogP contribution in [0.1, 0.15) is 6.42 Å². The Kier molecular flexibility index (Phi) is 5.04. The van der Waals surface area contributed by atoms with Crippen molar-refractivity contribution in [2.45, 2.75) is 12.5 Å². The number of hydrogen-bond donors (Lipinski definition) is 1. The van der Waals surface area contributed by atoms with Gasteiger partial charge in [-0.05, 0) is 6.42 Å². The Morgan fingerprint density at radius 1 is 1.79 bits per heavy atom. The monoisotopic (exact) mass is 214 g/mol. The third-order valence-electron chi connectivity index (χ3n) is 2.30. The van der Waals surface area contributed by atoms with E-state index in [4.69, 9.17) is 0 Å². The first kappa shape index (κ1) is 11.6. The van der Waals surface area contributed by atoms with Crippen LogP contribution in [0.15, 0.2) is 12.7 Å². The summed E-state index contributed by atoms with van der Waals surface area (Å²) in [5.74, 6) is 2.26. The second kappa shape index (κ2) is 6.09. The molecule has 0 bridgehead atoms. The van der Waals surface area contributed by atoms with Gasteiger partial charge in [-0.2, -0.15) is 11.8 Å². The molecule has 14 heavy (non-hydrogen) atoms. The summed E-state index contributed by atoms with van der Waals surface area (Å²) in [5.41, 5.74) is 0. The fourth-order valence-electron chi connectivity index (χ4n) is 1.48. The molecule has 4 heteroatoms. The number of carbonyl (C=O) groups is 1. The molecule has 1 saturated heterocycles. The molecule has 0 spiro atoms. The maximum absolute atomic E-state index is 11.5. The minimum Gasteiger partial charge on any atom is -0.344 e. The first-order valence-electron chi connectivity index (χ1n) is 4.92. The zero-order valence-electron chi connectivity index (χ0n) is 8.66. The van der Waals surface area contributed by atoms with Gasteiger partial charge in [-0.15, -0.1) is 6.58 Å². The van der Waals surface area contributed by atoms with Crippen molar-refractivity contribution < 1.29 is 4.79 Å². The van der Waals surface area contributed by atoms with Gasteiger partial charge >= 0.3 is 0 Å². The number of rotatable bonds is 6. The summed E-state index contributed by atoms with van der Waals surface area (Å²) < 4.78 is 0. The number of carbonyl (C=O) groups excluding carboxylic acids is 1. The molecule has 1 fully saturated rings. The van der Waals surface area contributed by atoms with Gasteiger partial charge in [-0.3, -0.25) is 4.79 Å². The van der Waals surface area contributed by atoms with Gasteiger partial charge in [0.2, 0.25) is 5.91 Å². The molecule has 0 saturated carbocycles. The number of hydrogen-bond acceptors (Lipinski definition) is 3. The predicted octanol–water partition coefficient (Wildman–Crippen LogP) is 0.726. The van der Waals surface area contributed by atoms with Crippen LogP contribution >= 0.6 is 11.8 Å². The number of nitrogens with zero attached hydrogens (tertiary/aromatic N) is 1. The lowest BCUT2D eigenvalue weighted by molar-refractivity contribution is -0.128. The van der Waals surface area contributed by atoms with E-state index in [1.165, 1.54) is 0 Å². The first-order valence-corrected chi connectivity index (χ1v) is 6.08. The van der Waals surface area contributed by atoms with Gasteiger partial charge in [0, 0.05) is 31.6 Å². The molecule has 0 aromatic rings. The third-order valence-corrected chi connectivity index (χ3v) is 3.26. The number of nitrogens with one attached hydrogen (secondary N) is 1. The van der Waals surface area contributed by atoms with Crippen molar-refractivity contribution in [3.05, 3.63) is 12.7 Å². The zero-order chi connectivity index (χ0) is 10.4. The number of likely N-dealkylation sites (tertiary alicyclic amines) is 1. The van der Waals surface area contributed by atoms with E-state index in [0.29, 0.717) is 0 Å². The van der Waals surface area contributed by atoms with Crippen LogP contribution in [0.25, 0.3) is 0 Å². The topological polar surface area (TPSA) is 32.3 Å². The highest BCUT2D eigenvalue weighted by atomic mass is 32.2. The van der Waals surface area contributed by atoms with Gasteiger partial charge in [0.05, 0.1) is 6.04 Å². The molecular weight excluding hydrogens is 196 g/mol. The molecule has 0 radical (unpaired) electrons. The van der Waals surface area contributed by atoms with Crippen LogP contribution in [-0.2, 0) is 4.79 Å². The van der Waals surface area contributed by atoms with Crippen molar-refractivity contribution in [2.75, 3.05) is 31.6 Å². The van der Waals surface area contributed by atoms with E-state index >= 15 is 0 Å². The summed E-state index contributed by atoms with van der Waals surface area (Å²) in [6.45, 7) is 5.45. The van der Waals surface area contributed by atoms with Crippen LogP contribution in [0, 0.1) is 0 Å². The molecule has 1 atom stereocenters. The standard InChI is InChI=1S/C10H18N2OS/c1-3-7-14-8-5-11-9-4-6-12(2)10(9)13/h3,9,11H,1,4-8H2,2H3. The smallest absolute Gasteiger partial charge is 0.239 e. The maximum Gasteiger partial charge on any atom is 0.239 e. The Hall–Kier alpha value is -0.480. The van der Waals surface area contributed by atoms with Crippen LogP contribution in [0.3, 0.4) is 0 Å². The average Bonchev–Trinajstić information content (AvgIpc) is 2.49. The highest BCUT2D eigenvalue weighted by molar-refractivity contribution is 7.99. The minimum absolute atomic E-state index is 0.0596. The summed E-state index contributed by atoms with van der Waals surface area (Å²) in [6, 6.07) is 0.0596. The van der Waals surface area contributed by atoms with Crippen LogP contribution in [0.2, 0.25) is 0 Å². The van der Waals surface area contributed by atoms with E-state index in [9.17, 15) is 4.79 Å². The van der Waals surface area contributed by atoms with E-state index in [2.05, 4.69) is 11.9 Å². The van der Waals surface area contributed by atoms with E-state index < -0.39 is 0 Å². The molecule has 1 N–H and O–H groups in total. The lowest BCUT2D eigenvalue weighted by atomic mass is 10.2. The molecule has 0 aliphatic carbocycles. The van der Waals surface area contributed by atoms with Crippen LogP contribution in [0.4, 0.5) is 0 Å². The molecule has 1 heterocycles. The van der Waals surface area contributed by atoms with Crippen LogP contribution in [0.5, 0.6) is 0 Å². The predicted molar refractivity (Wildman–Crippen MR) is 61.6 cm³/mol. The van der Waals surface area contributed by atoms with Gasteiger partial charge < -0.3 is 10.2 Å². The average molecular weight is 214 g/mol. The van der Waals surface area contributed by atoms with Crippen molar-refractivity contribution >= 4 is 17.7 Å². The Labute approximate surface area is 89.9 Å². The summed E-state index contributed by atoms with van der Waals surface area (Å²) in [4.78, 5) is 13.3. The molecule has 0 aromatic carbocycles. The Morgan fingerprint density at radius 2 is 2.57 bits per heavy atom. The highest BCUT2D eigenvalue weighted by Gasteiger charge is 2.27. The normalized spacial score (nSPS) is 21.6. The molecule has 1 unspecified atom stereocenters. The van der Waals surface area contributed by atoms with Gasteiger partial charge in [0.1, 0.15) is 0 Å². The highest BCUT2D eigenvalue weighted by Crippen LogP contribution is 2.08. The van der Waals surface area contributed by atoms with Crippen molar-refractivity contribution in [1.82, 2.24) is 10.2 Å². The number of thioether (sulfide) groups is 1. The second-order valence-electron chi connectivity index (χ2n) is 3.42. The maximum atomic E-state index is 11.5. The molecule has 3 nitrogen and oxygen atoms in total. The van der Waals surface area contributed by atoms with E-state index in [1.807, 2.05) is 24.9 Å². The largest absolute Gasteiger partial charge is 0.344 e. The van der Waals surface area contributed by atoms with Gasteiger partial charge in [-0.25, -0.2) is 0 Å². The van der Waals surface area contributed by atoms with E-state index in [0.717, 1.165) is 31.0 Å². The van der Waals surface area contributed by atoms with E-state index in [1.54, 1.807) is 4.90 Å². The molecule has 80 valence electrons. The van der Waals surface area contributed by atoms with Gasteiger partial charge in [0.25, 0.3) is 0 Å². The third kappa shape index (κ3) is 3.35. The van der Waals surface area contributed by atoms with Crippen molar-refractivity contribution in [3.63, 3.8) is 0 Å². The summed E-state index contributed by atoms with van der Waals surface area (Å²) in [6.07, 6.45) is 2.85. The van der Waals surface area contributed by atoms with Crippen molar-refractivity contribution in [3.8, 4) is 0 Å². The van der Waals surface area contributed by atoms with Crippen LogP contribution in [-0.4, -0.2) is 48.5 Å². The van der Waals surface area contributed by atoms with Crippen molar-refractivity contribution in [2.24, 2.45) is 0 Å². The molecule has 1 aliphatic rings. The lowest BCUT2D eigenvalue weighted by Crippen LogP contribution is -2.37. The summed E-state index contributed by atoms with van der Waals surface area (Å²) >= 11 is 1.83. The fraction of sp³-hybridized carbons (Fsp3) is 0.700. The summed E-state index contributed by atoms with van der Waals surface area (Å²) in [5, 5.41) is 3.27. The minimum atomic E-state index is 0.0596. The summed E-state index contributed by atoms with van der Waals surface area (Å²) in [7, 11) is 1.86. The number of likely N-dealkylation sites (N-methyl/N-ethyl adjacent to an activating group) is 1. The Balaban J connectivity index is 2.07. The Bertz CT molecular complexity index is 208. The zero-order valence-corrected chi connectivity index (χ0v) is 9.48. The molecular formula is C10H18N2OS. The number of amides is 1. The quantitative estimate of drug-likeness (QED) is 0.522.